The average molecular weight is 765 g/mol. The Morgan fingerprint density at radius 1 is 0.439 bits per heavy atom. The molecular formula is C51H32N4S2. The summed E-state index contributed by atoms with van der Waals surface area (Å²) in [6.07, 6.45) is 9.08. The summed E-state index contributed by atoms with van der Waals surface area (Å²) < 4.78 is 5.03. The van der Waals surface area contributed by atoms with E-state index in [1.54, 1.807) is 0 Å². The molecule has 1 aliphatic carbocycles. The highest BCUT2D eigenvalue weighted by Gasteiger charge is 2.37. The van der Waals surface area contributed by atoms with Crippen LogP contribution in [0.15, 0.2) is 182 Å². The largest absolute Gasteiger partial charge is 0.333 e. The first kappa shape index (κ1) is 32.5. The predicted octanol–water partition coefficient (Wildman–Crippen LogP) is 14.0. The summed E-state index contributed by atoms with van der Waals surface area (Å²) >= 11 is 3.70. The highest BCUT2D eigenvalue weighted by Crippen LogP contribution is 2.51. The number of para-hydroxylation sites is 1. The molecule has 57 heavy (non-hydrogen) atoms. The molecule has 1 aliphatic heterocycles. The van der Waals surface area contributed by atoms with Gasteiger partial charge in [0.1, 0.15) is 0 Å². The van der Waals surface area contributed by atoms with Crippen LogP contribution < -0.4 is 4.90 Å². The van der Waals surface area contributed by atoms with E-state index in [4.69, 9.17) is 15.0 Å². The van der Waals surface area contributed by atoms with Crippen LogP contribution in [0.1, 0.15) is 11.5 Å². The minimum atomic E-state index is 0.249. The molecular weight excluding hydrogens is 733 g/mol. The van der Waals surface area contributed by atoms with E-state index >= 15 is 0 Å². The first-order valence-electron chi connectivity index (χ1n) is 19.3. The van der Waals surface area contributed by atoms with Gasteiger partial charge >= 0.3 is 0 Å². The van der Waals surface area contributed by atoms with Gasteiger partial charge in [0.05, 0.1) is 6.04 Å². The lowest BCUT2D eigenvalue weighted by molar-refractivity contribution is 0.745. The Balaban J connectivity index is 1.08. The van der Waals surface area contributed by atoms with Crippen LogP contribution in [0, 0.1) is 0 Å². The normalized spacial score (nSPS) is 15.9. The van der Waals surface area contributed by atoms with Crippen LogP contribution in [0.5, 0.6) is 0 Å². The standard InChI is InChI=1S/C51H32N4S2/c1-3-14-31(15-4-1)49-52-50(32-16-5-2-6-17-32)54-51(53-49)38-22-13-27-45-48(38)47-37(21-12-26-44(47)57-45)36-20-11-25-43-46(36)39-30-33(28-29-42(39)56-43)55-40-23-9-7-18-34(40)35-19-8-10-24-41(35)55/h1-30,34,40H. The van der Waals surface area contributed by atoms with Crippen molar-refractivity contribution >= 4 is 74.4 Å². The van der Waals surface area contributed by atoms with Gasteiger partial charge in [-0.2, -0.15) is 0 Å². The van der Waals surface area contributed by atoms with Gasteiger partial charge in [0.2, 0.25) is 0 Å². The van der Waals surface area contributed by atoms with Gasteiger partial charge < -0.3 is 4.90 Å². The summed E-state index contributed by atoms with van der Waals surface area (Å²) in [5.74, 6) is 2.33. The molecule has 2 unspecified atom stereocenters. The Hall–Kier alpha value is -6.73. The summed E-state index contributed by atoms with van der Waals surface area (Å²) in [5, 5.41) is 4.99. The second-order valence-corrected chi connectivity index (χ2v) is 16.8. The number of rotatable bonds is 5. The number of benzene rings is 7. The number of fused-ring (bicyclic) bond motifs is 9. The van der Waals surface area contributed by atoms with Crippen LogP contribution in [-0.2, 0) is 0 Å². The molecule has 0 N–H and O–H groups in total. The molecule has 0 radical (unpaired) electrons. The molecule has 0 amide bonds. The van der Waals surface area contributed by atoms with Crippen LogP contribution in [0.3, 0.4) is 0 Å². The van der Waals surface area contributed by atoms with E-state index in [1.807, 2.05) is 59.1 Å². The van der Waals surface area contributed by atoms with Crippen molar-refractivity contribution in [2.75, 3.05) is 4.90 Å². The highest BCUT2D eigenvalue weighted by molar-refractivity contribution is 7.26. The molecule has 268 valence electrons. The number of nitrogens with zero attached hydrogens (tertiary/aromatic N) is 4. The van der Waals surface area contributed by atoms with E-state index in [0.717, 1.165) is 16.7 Å². The van der Waals surface area contributed by atoms with Crippen LogP contribution in [0.25, 0.3) is 85.6 Å². The fourth-order valence-electron chi connectivity index (χ4n) is 8.99. The molecule has 12 rings (SSSR count). The van der Waals surface area contributed by atoms with Crippen molar-refractivity contribution in [3.8, 4) is 45.3 Å². The first-order chi connectivity index (χ1) is 28.3. The average Bonchev–Trinajstić information content (AvgIpc) is 3.96. The SMILES string of the molecule is C1=CC2c3ccccc3N(c3ccc4sc5cccc(-c6cccc7sc8cccc(-c9nc(-c%10ccccc%10)nc(-c%10ccccc%10)n9)c8c67)c5c4c3)C2C=C1. The molecule has 6 heteroatoms. The third-order valence-electron chi connectivity index (χ3n) is 11.5. The minimum Gasteiger partial charge on any atom is -0.333 e. The van der Waals surface area contributed by atoms with Gasteiger partial charge in [-0.3, -0.25) is 0 Å². The summed E-state index contributed by atoms with van der Waals surface area (Å²) in [5.41, 5.74) is 9.27. The van der Waals surface area contributed by atoms with E-state index in [0.29, 0.717) is 23.4 Å². The van der Waals surface area contributed by atoms with E-state index in [9.17, 15) is 0 Å². The zero-order valence-corrected chi connectivity index (χ0v) is 32.2. The topological polar surface area (TPSA) is 41.9 Å². The fraction of sp³-hybridized carbons (Fsp3) is 0.0392. The van der Waals surface area contributed by atoms with Gasteiger partial charge in [0.25, 0.3) is 0 Å². The third-order valence-corrected chi connectivity index (χ3v) is 13.7. The van der Waals surface area contributed by atoms with Crippen molar-refractivity contribution in [1.82, 2.24) is 15.0 Å². The van der Waals surface area contributed by atoms with Crippen molar-refractivity contribution in [2.45, 2.75) is 12.0 Å². The van der Waals surface area contributed by atoms with Crippen molar-refractivity contribution in [3.05, 3.63) is 188 Å². The zero-order valence-electron chi connectivity index (χ0n) is 30.6. The summed E-state index contributed by atoms with van der Waals surface area (Å²) in [6.45, 7) is 0. The molecule has 10 aromatic rings. The lowest BCUT2D eigenvalue weighted by Crippen LogP contribution is -2.28. The molecule has 7 aromatic carbocycles. The lowest BCUT2D eigenvalue weighted by Gasteiger charge is -2.28. The number of anilines is 2. The maximum Gasteiger partial charge on any atom is 0.164 e. The van der Waals surface area contributed by atoms with Crippen LogP contribution in [0.2, 0.25) is 0 Å². The van der Waals surface area contributed by atoms with E-state index in [2.05, 4.69) is 151 Å². The Morgan fingerprint density at radius 3 is 1.72 bits per heavy atom. The van der Waals surface area contributed by atoms with Gasteiger partial charge in [-0.25, -0.2) is 15.0 Å². The maximum absolute atomic E-state index is 5.18. The van der Waals surface area contributed by atoms with Crippen LogP contribution in [-0.4, -0.2) is 21.0 Å². The number of allylic oxidation sites excluding steroid dienone is 2. The molecule has 0 saturated heterocycles. The van der Waals surface area contributed by atoms with Crippen molar-refractivity contribution in [1.29, 1.82) is 0 Å². The lowest BCUT2D eigenvalue weighted by atomic mass is 9.91. The highest BCUT2D eigenvalue weighted by atomic mass is 32.1. The van der Waals surface area contributed by atoms with Crippen LogP contribution >= 0.6 is 22.7 Å². The number of aromatic nitrogens is 3. The Labute approximate surface area is 337 Å². The van der Waals surface area contributed by atoms with Crippen LogP contribution in [0.4, 0.5) is 11.4 Å². The van der Waals surface area contributed by atoms with E-state index < -0.39 is 0 Å². The summed E-state index contributed by atoms with van der Waals surface area (Å²) in [6, 6.07) is 56.7. The Bertz CT molecular complexity index is 3210. The van der Waals surface area contributed by atoms with Crippen molar-refractivity contribution < 1.29 is 0 Å². The molecule has 0 spiro atoms. The van der Waals surface area contributed by atoms with E-state index in [1.165, 1.54) is 68.4 Å². The van der Waals surface area contributed by atoms with Gasteiger partial charge in [-0.15, -0.1) is 22.7 Å². The summed E-state index contributed by atoms with van der Waals surface area (Å²) in [7, 11) is 0. The second-order valence-electron chi connectivity index (χ2n) is 14.7. The smallest absolute Gasteiger partial charge is 0.164 e. The van der Waals surface area contributed by atoms with Gasteiger partial charge in [0.15, 0.2) is 17.5 Å². The second kappa shape index (κ2) is 12.9. The fourth-order valence-corrected chi connectivity index (χ4v) is 11.3. The number of hydrogen-bond acceptors (Lipinski definition) is 6. The minimum absolute atomic E-state index is 0.249. The van der Waals surface area contributed by atoms with Crippen molar-refractivity contribution in [3.63, 3.8) is 0 Å². The molecule has 0 fully saturated rings. The molecule has 2 aliphatic rings. The van der Waals surface area contributed by atoms with Gasteiger partial charge in [-0.1, -0.05) is 140 Å². The first-order valence-corrected chi connectivity index (χ1v) is 20.9. The van der Waals surface area contributed by atoms with Gasteiger partial charge in [0, 0.05) is 74.3 Å². The zero-order chi connectivity index (χ0) is 37.5. The molecule has 0 bridgehead atoms. The molecule has 3 aromatic heterocycles. The monoisotopic (exact) mass is 764 g/mol. The quantitative estimate of drug-likeness (QED) is 0.175. The maximum atomic E-state index is 5.18. The number of thiophene rings is 2. The summed E-state index contributed by atoms with van der Waals surface area (Å²) in [4.78, 5) is 17.9. The van der Waals surface area contributed by atoms with Gasteiger partial charge in [-0.05, 0) is 59.2 Å². The molecule has 4 heterocycles. The van der Waals surface area contributed by atoms with Crippen molar-refractivity contribution in [2.24, 2.45) is 0 Å². The Kier molecular flexibility index (Phi) is 7.37. The predicted molar refractivity (Wildman–Crippen MR) is 241 cm³/mol. The Morgan fingerprint density at radius 2 is 1.00 bits per heavy atom. The third kappa shape index (κ3) is 5.15. The molecule has 2 atom stereocenters. The number of hydrogen-bond donors (Lipinski definition) is 0. The van der Waals surface area contributed by atoms with E-state index in [-0.39, 0.29) is 6.04 Å². The molecule has 0 saturated carbocycles. The molecule has 4 nitrogen and oxygen atoms in total.